The summed E-state index contributed by atoms with van der Waals surface area (Å²) in [4.78, 5) is 0. The minimum atomic E-state index is 0.702. The summed E-state index contributed by atoms with van der Waals surface area (Å²) in [6, 6.07) is 6.63. The summed E-state index contributed by atoms with van der Waals surface area (Å²) < 4.78 is 0. The van der Waals surface area contributed by atoms with E-state index in [1.54, 1.807) is 5.56 Å². The molecule has 2 heteroatoms. The Morgan fingerprint density at radius 2 is 2.23 bits per heavy atom. The van der Waals surface area contributed by atoms with Crippen LogP contribution in [0, 0.1) is 0 Å². The maximum atomic E-state index is 3.49. The molecule has 2 N–H and O–H groups in total. The van der Waals surface area contributed by atoms with Crippen molar-refractivity contribution in [3.63, 3.8) is 0 Å². The number of hydrogen-bond acceptors (Lipinski definition) is 2. The Balaban J connectivity index is 2.16. The van der Waals surface area contributed by atoms with Gasteiger partial charge in [-0.25, -0.2) is 0 Å². The second-order valence-corrected chi connectivity index (χ2v) is 3.91. The Kier molecular flexibility index (Phi) is 1.56. The van der Waals surface area contributed by atoms with Gasteiger partial charge in [-0.1, -0.05) is 12.1 Å². The smallest absolute Gasteiger partial charge is 0.0379 e. The van der Waals surface area contributed by atoms with Gasteiger partial charge >= 0.3 is 0 Å². The molecule has 0 aromatic heterocycles. The van der Waals surface area contributed by atoms with Crippen LogP contribution in [0.3, 0.4) is 0 Å². The fourth-order valence-corrected chi connectivity index (χ4v) is 2.48. The van der Waals surface area contributed by atoms with Crippen LogP contribution >= 0.6 is 0 Å². The van der Waals surface area contributed by atoms with Gasteiger partial charge in [0.25, 0.3) is 0 Å². The van der Waals surface area contributed by atoms with E-state index in [0.29, 0.717) is 5.92 Å². The molecular formula is C11H14N2. The molecule has 2 heterocycles. The summed E-state index contributed by atoms with van der Waals surface area (Å²) in [5.41, 5.74) is 4.48. The van der Waals surface area contributed by atoms with Crippen LogP contribution in [0.25, 0.3) is 0 Å². The molecule has 0 saturated carbocycles. The van der Waals surface area contributed by atoms with Crippen molar-refractivity contribution < 1.29 is 0 Å². The molecule has 0 amide bonds. The number of rotatable bonds is 0. The van der Waals surface area contributed by atoms with Crippen molar-refractivity contribution in [2.75, 3.05) is 25.0 Å². The Labute approximate surface area is 78.3 Å². The van der Waals surface area contributed by atoms with Gasteiger partial charge in [0, 0.05) is 24.7 Å². The molecular weight excluding hydrogens is 160 g/mol. The largest absolute Gasteiger partial charge is 0.384 e. The van der Waals surface area contributed by atoms with E-state index in [4.69, 9.17) is 0 Å². The van der Waals surface area contributed by atoms with Gasteiger partial charge in [-0.05, 0) is 30.2 Å². The van der Waals surface area contributed by atoms with E-state index in [9.17, 15) is 0 Å². The highest BCUT2D eigenvalue weighted by molar-refractivity contribution is 5.61. The van der Waals surface area contributed by atoms with Crippen molar-refractivity contribution in [3.05, 3.63) is 29.3 Å². The van der Waals surface area contributed by atoms with Gasteiger partial charge in [0.1, 0.15) is 0 Å². The van der Waals surface area contributed by atoms with Crippen molar-refractivity contribution in [1.29, 1.82) is 0 Å². The normalized spacial score (nSPS) is 24.8. The predicted octanol–water partition coefficient (Wildman–Crippen LogP) is 1.34. The first-order chi connectivity index (χ1) is 6.45. The van der Waals surface area contributed by atoms with Gasteiger partial charge in [0.2, 0.25) is 0 Å². The summed E-state index contributed by atoms with van der Waals surface area (Å²) >= 11 is 0. The monoisotopic (exact) mass is 174 g/mol. The summed E-state index contributed by atoms with van der Waals surface area (Å²) in [6.45, 7) is 3.38. The van der Waals surface area contributed by atoms with E-state index in [1.807, 2.05) is 0 Å². The topological polar surface area (TPSA) is 24.1 Å². The van der Waals surface area contributed by atoms with E-state index in [-0.39, 0.29) is 0 Å². The molecule has 68 valence electrons. The fourth-order valence-electron chi connectivity index (χ4n) is 2.48. The summed E-state index contributed by atoms with van der Waals surface area (Å²) in [7, 11) is 0. The molecule has 1 aromatic carbocycles. The molecule has 1 unspecified atom stereocenters. The Morgan fingerprint density at radius 1 is 1.23 bits per heavy atom. The Hall–Kier alpha value is -1.02. The molecule has 2 aliphatic rings. The molecule has 0 saturated heterocycles. The predicted molar refractivity (Wildman–Crippen MR) is 54.2 cm³/mol. The van der Waals surface area contributed by atoms with E-state index in [2.05, 4.69) is 28.8 Å². The molecule has 2 aliphatic heterocycles. The van der Waals surface area contributed by atoms with Crippen molar-refractivity contribution in [2.24, 2.45) is 0 Å². The molecule has 13 heavy (non-hydrogen) atoms. The lowest BCUT2D eigenvalue weighted by atomic mass is 9.96. The van der Waals surface area contributed by atoms with Crippen molar-refractivity contribution in [3.8, 4) is 0 Å². The van der Waals surface area contributed by atoms with Crippen LogP contribution in [0.1, 0.15) is 17.0 Å². The summed E-state index contributed by atoms with van der Waals surface area (Å²) in [6.07, 6.45) is 1.18. The molecule has 1 atom stereocenters. The van der Waals surface area contributed by atoms with E-state index < -0.39 is 0 Å². The molecule has 0 spiro atoms. The fraction of sp³-hybridized carbons (Fsp3) is 0.455. The summed E-state index contributed by atoms with van der Waals surface area (Å²) in [5.74, 6) is 0.702. The first-order valence-electron chi connectivity index (χ1n) is 5.01. The highest BCUT2D eigenvalue weighted by atomic mass is 15.0. The quantitative estimate of drug-likeness (QED) is 0.620. The van der Waals surface area contributed by atoms with Crippen molar-refractivity contribution in [1.82, 2.24) is 5.32 Å². The second kappa shape index (κ2) is 2.74. The van der Waals surface area contributed by atoms with Crippen LogP contribution in [0.4, 0.5) is 5.69 Å². The van der Waals surface area contributed by atoms with E-state index in [1.165, 1.54) is 17.7 Å². The number of benzene rings is 1. The standard InChI is InChI=1S/C11H14N2/c1-2-8-4-5-12-6-9-7-13-10(3-1)11(8)9/h1-3,9,12-13H,4-7H2. The van der Waals surface area contributed by atoms with Gasteiger partial charge in [-0.3, -0.25) is 0 Å². The summed E-state index contributed by atoms with van der Waals surface area (Å²) in [5, 5.41) is 6.96. The third-order valence-corrected chi connectivity index (χ3v) is 3.11. The van der Waals surface area contributed by atoms with Gasteiger partial charge < -0.3 is 10.6 Å². The van der Waals surface area contributed by atoms with Crippen LogP contribution in [-0.2, 0) is 6.42 Å². The van der Waals surface area contributed by atoms with Gasteiger partial charge in [-0.15, -0.1) is 0 Å². The number of hydrogen-bond donors (Lipinski definition) is 2. The van der Waals surface area contributed by atoms with Gasteiger partial charge in [0.15, 0.2) is 0 Å². The Bertz CT molecular complexity index is 333. The van der Waals surface area contributed by atoms with Crippen LogP contribution in [0.5, 0.6) is 0 Å². The first kappa shape index (κ1) is 7.39. The maximum absolute atomic E-state index is 3.49. The zero-order valence-corrected chi connectivity index (χ0v) is 7.64. The van der Waals surface area contributed by atoms with Gasteiger partial charge in [0.05, 0.1) is 0 Å². The molecule has 0 radical (unpaired) electrons. The van der Waals surface area contributed by atoms with Crippen LogP contribution in [0.15, 0.2) is 18.2 Å². The lowest BCUT2D eigenvalue weighted by Crippen LogP contribution is -2.21. The van der Waals surface area contributed by atoms with Crippen LogP contribution in [-0.4, -0.2) is 19.6 Å². The average molecular weight is 174 g/mol. The Morgan fingerprint density at radius 3 is 3.23 bits per heavy atom. The maximum Gasteiger partial charge on any atom is 0.0379 e. The molecule has 3 rings (SSSR count). The molecule has 0 bridgehead atoms. The lowest BCUT2D eigenvalue weighted by Gasteiger charge is -2.08. The third kappa shape index (κ3) is 1.05. The lowest BCUT2D eigenvalue weighted by molar-refractivity contribution is 0.639. The number of nitrogens with one attached hydrogen (secondary N) is 2. The van der Waals surface area contributed by atoms with Crippen molar-refractivity contribution in [2.45, 2.75) is 12.3 Å². The van der Waals surface area contributed by atoms with E-state index >= 15 is 0 Å². The third-order valence-electron chi connectivity index (χ3n) is 3.11. The van der Waals surface area contributed by atoms with E-state index in [0.717, 1.165) is 19.6 Å². The highest BCUT2D eigenvalue weighted by Gasteiger charge is 2.25. The van der Waals surface area contributed by atoms with Crippen LogP contribution < -0.4 is 10.6 Å². The minimum absolute atomic E-state index is 0.702. The zero-order chi connectivity index (χ0) is 8.67. The molecule has 0 aliphatic carbocycles. The molecule has 2 nitrogen and oxygen atoms in total. The second-order valence-electron chi connectivity index (χ2n) is 3.91. The van der Waals surface area contributed by atoms with Crippen molar-refractivity contribution >= 4 is 5.69 Å². The highest BCUT2D eigenvalue weighted by Crippen LogP contribution is 2.34. The van der Waals surface area contributed by atoms with Crippen LogP contribution in [0.2, 0.25) is 0 Å². The first-order valence-corrected chi connectivity index (χ1v) is 5.01. The average Bonchev–Trinajstić information content (AvgIpc) is 2.44. The molecule has 0 fully saturated rings. The minimum Gasteiger partial charge on any atom is -0.384 e. The number of anilines is 1. The zero-order valence-electron chi connectivity index (χ0n) is 7.64. The SMILES string of the molecule is c1cc2c3c(c1)NCC3CNCC2. The van der Waals surface area contributed by atoms with Gasteiger partial charge in [-0.2, -0.15) is 0 Å². The molecule has 1 aromatic rings.